The Bertz CT molecular complexity index is 159. The lowest BCUT2D eigenvalue weighted by Crippen LogP contribution is -2.39. The van der Waals surface area contributed by atoms with Crippen LogP contribution in [0.1, 0.15) is 27.2 Å². The molecule has 0 heterocycles. The molecule has 4 heteroatoms. The second-order valence-electron chi connectivity index (χ2n) is 3.61. The fraction of sp³-hybridized carbons (Fsp3) is 0.900. The molecular weight excluding hydrogens is 182 g/mol. The van der Waals surface area contributed by atoms with Crippen LogP contribution in [0.15, 0.2) is 0 Å². The van der Waals surface area contributed by atoms with Crippen molar-refractivity contribution in [1.29, 1.82) is 0 Å². The molecule has 0 bridgehead atoms. The highest BCUT2D eigenvalue weighted by Crippen LogP contribution is 2.02. The van der Waals surface area contributed by atoms with Crippen LogP contribution in [-0.4, -0.2) is 36.9 Å². The molecule has 0 aliphatic rings. The molecule has 1 unspecified atom stereocenters. The van der Waals surface area contributed by atoms with Crippen molar-refractivity contribution in [2.75, 3.05) is 19.8 Å². The molecule has 0 rings (SSSR count). The van der Waals surface area contributed by atoms with Crippen LogP contribution in [0.25, 0.3) is 0 Å². The molecule has 0 fully saturated rings. The quantitative estimate of drug-likeness (QED) is 0.620. The molecule has 0 aromatic carbocycles. The van der Waals surface area contributed by atoms with Gasteiger partial charge in [-0.3, -0.25) is 4.79 Å². The Morgan fingerprint density at radius 3 is 2.57 bits per heavy atom. The topological polar surface area (TPSA) is 58.6 Å². The fourth-order valence-electron chi connectivity index (χ4n) is 1.10. The van der Waals surface area contributed by atoms with Gasteiger partial charge in [-0.05, 0) is 12.8 Å². The summed E-state index contributed by atoms with van der Waals surface area (Å²) in [6.07, 6.45) is 0.162. The second-order valence-corrected chi connectivity index (χ2v) is 3.61. The Hall–Kier alpha value is -0.610. The van der Waals surface area contributed by atoms with E-state index in [4.69, 9.17) is 9.84 Å². The van der Waals surface area contributed by atoms with E-state index in [2.05, 4.69) is 19.2 Å². The standard InChI is InChI=1S/C10H21NO3/c1-4-14-7-9(8(2)3)11-6-5-10(12)13/h8-9,11H,4-7H2,1-3H3,(H,12,13). The van der Waals surface area contributed by atoms with Gasteiger partial charge in [0.1, 0.15) is 0 Å². The molecule has 0 saturated heterocycles. The van der Waals surface area contributed by atoms with E-state index < -0.39 is 5.97 Å². The molecule has 0 saturated carbocycles. The Morgan fingerprint density at radius 2 is 2.14 bits per heavy atom. The first-order valence-electron chi connectivity index (χ1n) is 5.10. The van der Waals surface area contributed by atoms with E-state index in [1.807, 2.05) is 6.92 Å². The van der Waals surface area contributed by atoms with E-state index in [0.29, 0.717) is 25.7 Å². The van der Waals surface area contributed by atoms with Gasteiger partial charge in [0.05, 0.1) is 13.0 Å². The number of ether oxygens (including phenoxy) is 1. The number of carbonyl (C=O) groups is 1. The van der Waals surface area contributed by atoms with Gasteiger partial charge in [0.2, 0.25) is 0 Å². The normalized spacial score (nSPS) is 13.1. The van der Waals surface area contributed by atoms with E-state index >= 15 is 0 Å². The lowest BCUT2D eigenvalue weighted by atomic mass is 10.1. The maximum atomic E-state index is 10.3. The zero-order valence-corrected chi connectivity index (χ0v) is 9.25. The molecule has 1 atom stereocenters. The monoisotopic (exact) mass is 203 g/mol. The molecule has 0 aliphatic carbocycles. The van der Waals surface area contributed by atoms with Crippen LogP contribution in [0.3, 0.4) is 0 Å². The van der Waals surface area contributed by atoms with Crippen molar-refractivity contribution in [2.45, 2.75) is 33.2 Å². The van der Waals surface area contributed by atoms with Crippen molar-refractivity contribution in [3.05, 3.63) is 0 Å². The van der Waals surface area contributed by atoms with Crippen LogP contribution in [0.2, 0.25) is 0 Å². The first kappa shape index (κ1) is 13.4. The largest absolute Gasteiger partial charge is 0.481 e. The highest BCUT2D eigenvalue weighted by molar-refractivity contribution is 5.66. The summed E-state index contributed by atoms with van der Waals surface area (Å²) in [6, 6.07) is 0.245. The predicted octanol–water partition coefficient (Wildman–Crippen LogP) is 1.11. The third kappa shape index (κ3) is 6.86. The summed E-state index contributed by atoms with van der Waals surface area (Å²) in [5.74, 6) is -0.313. The summed E-state index contributed by atoms with van der Waals surface area (Å²) in [5.41, 5.74) is 0. The van der Waals surface area contributed by atoms with Gasteiger partial charge in [0, 0.05) is 19.2 Å². The van der Waals surface area contributed by atoms with E-state index in [-0.39, 0.29) is 12.5 Å². The summed E-state index contributed by atoms with van der Waals surface area (Å²) < 4.78 is 5.30. The lowest BCUT2D eigenvalue weighted by Gasteiger charge is -2.21. The van der Waals surface area contributed by atoms with E-state index in [0.717, 1.165) is 0 Å². The molecule has 0 aromatic heterocycles. The number of nitrogens with one attached hydrogen (secondary N) is 1. The van der Waals surface area contributed by atoms with Crippen molar-refractivity contribution >= 4 is 5.97 Å². The highest BCUT2D eigenvalue weighted by Gasteiger charge is 2.12. The third-order valence-corrected chi connectivity index (χ3v) is 2.05. The maximum absolute atomic E-state index is 10.3. The molecule has 14 heavy (non-hydrogen) atoms. The number of hydrogen-bond acceptors (Lipinski definition) is 3. The molecule has 0 radical (unpaired) electrons. The van der Waals surface area contributed by atoms with Crippen molar-refractivity contribution < 1.29 is 14.6 Å². The Balaban J connectivity index is 3.67. The summed E-state index contributed by atoms with van der Waals surface area (Å²) in [4.78, 5) is 10.3. The lowest BCUT2D eigenvalue weighted by molar-refractivity contribution is -0.136. The first-order valence-corrected chi connectivity index (χ1v) is 5.10. The minimum absolute atomic E-state index is 0.162. The Kier molecular flexibility index (Phi) is 7.42. The molecule has 0 aromatic rings. The minimum Gasteiger partial charge on any atom is -0.481 e. The molecular formula is C10H21NO3. The van der Waals surface area contributed by atoms with Gasteiger partial charge in [-0.15, -0.1) is 0 Å². The van der Waals surface area contributed by atoms with E-state index in [9.17, 15) is 4.79 Å². The molecule has 0 spiro atoms. The number of hydrogen-bond donors (Lipinski definition) is 2. The average molecular weight is 203 g/mol. The Labute approximate surface area is 85.6 Å². The molecule has 84 valence electrons. The average Bonchev–Trinajstić information content (AvgIpc) is 2.09. The number of carboxylic acid groups (broad SMARTS) is 1. The van der Waals surface area contributed by atoms with Crippen molar-refractivity contribution in [1.82, 2.24) is 5.32 Å². The zero-order valence-electron chi connectivity index (χ0n) is 9.25. The van der Waals surface area contributed by atoms with Gasteiger partial charge in [0.25, 0.3) is 0 Å². The second kappa shape index (κ2) is 7.76. The SMILES string of the molecule is CCOCC(NCCC(=O)O)C(C)C. The molecule has 0 amide bonds. The van der Waals surface area contributed by atoms with Crippen molar-refractivity contribution in [3.63, 3.8) is 0 Å². The summed E-state index contributed by atoms with van der Waals surface area (Å²) >= 11 is 0. The zero-order chi connectivity index (χ0) is 11.0. The van der Waals surface area contributed by atoms with Crippen LogP contribution in [0.5, 0.6) is 0 Å². The number of aliphatic carboxylic acids is 1. The maximum Gasteiger partial charge on any atom is 0.304 e. The van der Waals surface area contributed by atoms with Gasteiger partial charge < -0.3 is 15.2 Å². The minimum atomic E-state index is -0.767. The predicted molar refractivity (Wildman–Crippen MR) is 55.4 cm³/mol. The van der Waals surface area contributed by atoms with Gasteiger partial charge in [-0.1, -0.05) is 13.8 Å². The third-order valence-electron chi connectivity index (χ3n) is 2.05. The Morgan fingerprint density at radius 1 is 1.50 bits per heavy atom. The summed E-state index contributed by atoms with van der Waals surface area (Å²) in [6.45, 7) is 7.99. The van der Waals surface area contributed by atoms with Crippen molar-refractivity contribution in [3.8, 4) is 0 Å². The van der Waals surface area contributed by atoms with Gasteiger partial charge in [-0.25, -0.2) is 0 Å². The van der Waals surface area contributed by atoms with Crippen LogP contribution >= 0.6 is 0 Å². The van der Waals surface area contributed by atoms with Gasteiger partial charge >= 0.3 is 5.97 Å². The summed E-state index contributed by atoms with van der Waals surface area (Å²) in [7, 11) is 0. The summed E-state index contributed by atoms with van der Waals surface area (Å²) in [5, 5.41) is 11.6. The van der Waals surface area contributed by atoms with E-state index in [1.54, 1.807) is 0 Å². The molecule has 2 N–H and O–H groups in total. The van der Waals surface area contributed by atoms with Crippen LogP contribution in [-0.2, 0) is 9.53 Å². The number of carboxylic acids is 1. The van der Waals surface area contributed by atoms with Crippen LogP contribution < -0.4 is 5.32 Å². The molecule has 4 nitrogen and oxygen atoms in total. The first-order chi connectivity index (χ1) is 6.57. The van der Waals surface area contributed by atoms with Gasteiger partial charge in [0.15, 0.2) is 0 Å². The highest BCUT2D eigenvalue weighted by atomic mass is 16.5. The van der Waals surface area contributed by atoms with Crippen LogP contribution in [0.4, 0.5) is 0 Å². The van der Waals surface area contributed by atoms with Crippen LogP contribution in [0, 0.1) is 5.92 Å². The fourth-order valence-corrected chi connectivity index (χ4v) is 1.10. The number of rotatable bonds is 8. The molecule has 0 aliphatic heterocycles. The van der Waals surface area contributed by atoms with Crippen molar-refractivity contribution in [2.24, 2.45) is 5.92 Å². The van der Waals surface area contributed by atoms with E-state index in [1.165, 1.54) is 0 Å². The smallest absolute Gasteiger partial charge is 0.304 e. The van der Waals surface area contributed by atoms with Gasteiger partial charge in [-0.2, -0.15) is 0 Å².